The summed E-state index contributed by atoms with van der Waals surface area (Å²) < 4.78 is 0. The van der Waals surface area contributed by atoms with E-state index in [1.165, 1.54) is 0 Å². The molecule has 1 saturated carbocycles. The molecule has 0 radical (unpaired) electrons. The average molecular weight is 238 g/mol. The Labute approximate surface area is 105 Å². The van der Waals surface area contributed by atoms with E-state index >= 15 is 0 Å². The molecular weight excluding hydrogens is 212 g/mol. The summed E-state index contributed by atoms with van der Waals surface area (Å²) in [5.41, 5.74) is 0.662. The van der Waals surface area contributed by atoms with Gasteiger partial charge in [0.2, 0.25) is 0 Å². The number of hydrogen-bond acceptors (Lipinski definition) is 2. The van der Waals surface area contributed by atoms with E-state index in [2.05, 4.69) is 19.9 Å². The zero-order valence-electron chi connectivity index (χ0n) is 11.5. The summed E-state index contributed by atoms with van der Waals surface area (Å²) in [6.07, 6.45) is 5.40. The van der Waals surface area contributed by atoms with Crippen molar-refractivity contribution in [1.82, 2.24) is 0 Å². The molecule has 0 saturated heterocycles. The monoisotopic (exact) mass is 238 g/mol. The molecule has 0 spiro atoms. The van der Waals surface area contributed by atoms with Crippen LogP contribution in [0.25, 0.3) is 0 Å². The van der Waals surface area contributed by atoms with Crippen LogP contribution in [0.2, 0.25) is 0 Å². The molecule has 1 fully saturated rings. The van der Waals surface area contributed by atoms with Gasteiger partial charge < -0.3 is 10.2 Å². The highest BCUT2D eigenvalue weighted by Gasteiger charge is 2.55. The molecule has 2 nitrogen and oxygen atoms in total. The van der Waals surface area contributed by atoms with Crippen LogP contribution in [0.4, 0.5) is 0 Å². The Morgan fingerprint density at radius 2 is 1.88 bits per heavy atom. The molecule has 2 heteroatoms. The molecule has 2 aliphatic carbocycles. The lowest BCUT2D eigenvalue weighted by Gasteiger charge is -2.33. The molecule has 0 bridgehead atoms. The van der Waals surface area contributed by atoms with E-state index in [0.29, 0.717) is 11.8 Å². The molecular formula is C15H26O2. The van der Waals surface area contributed by atoms with Crippen molar-refractivity contribution in [2.45, 2.75) is 65.1 Å². The molecule has 2 aliphatic rings. The van der Waals surface area contributed by atoms with Gasteiger partial charge in [0.1, 0.15) is 0 Å². The van der Waals surface area contributed by atoms with E-state index < -0.39 is 5.60 Å². The van der Waals surface area contributed by atoms with E-state index in [0.717, 1.165) is 31.3 Å². The first-order valence-electron chi connectivity index (χ1n) is 6.81. The highest BCUT2D eigenvalue weighted by Crippen LogP contribution is 2.58. The van der Waals surface area contributed by atoms with Crippen LogP contribution in [-0.4, -0.2) is 21.9 Å². The number of fused-ring (bicyclic) bond motifs is 1. The molecule has 0 aliphatic heterocycles. The van der Waals surface area contributed by atoms with Crippen LogP contribution in [0.3, 0.4) is 0 Å². The third kappa shape index (κ3) is 2.58. The lowest BCUT2D eigenvalue weighted by Crippen LogP contribution is -2.32. The summed E-state index contributed by atoms with van der Waals surface area (Å²) in [5, 5.41) is 20.7. The van der Waals surface area contributed by atoms with E-state index in [1.807, 2.05) is 13.8 Å². The van der Waals surface area contributed by atoms with Gasteiger partial charge in [0.05, 0.1) is 11.7 Å². The molecule has 0 unspecified atom stereocenters. The Kier molecular flexibility index (Phi) is 3.16. The summed E-state index contributed by atoms with van der Waals surface area (Å²) in [6, 6.07) is 0. The summed E-state index contributed by atoms with van der Waals surface area (Å²) in [7, 11) is 0. The van der Waals surface area contributed by atoms with Crippen molar-refractivity contribution < 1.29 is 10.2 Å². The molecule has 17 heavy (non-hydrogen) atoms. The number of allylic oxidation sites excluding steroid dienone is 1. The maximum Gasteiger partial charge on any atom is 0.0752 e. The molecule has 0 heterocycles. The molecule has 0 aromatic heterocycles. The Hall–Kier alpha value is -0.340. The fraction of sp³-hybridized carbons (Fsp3) is 0.867. The second-order valence-electron chi connectivity index (χ2n) is 7.00. The number of aliphatic hydroxyl groups excluding tert-OH is 1. The van der Waals surface area contributed by atoms with Crippen molar-refractivity contribution in [3.05, 3.63) is 11.6 Å². The topological polar surface area (TPSA) is 40.5 Å². The van der Waals surface area contributed by atoms with E-state index in [4.69, 9.17) is 0 Å². The maximum atomic E-state index is 10.5. The summed E-state index contributed by atoms with van der Waals surface area (Å²) in [5.74, 6) is 0.995. The molecule has 0 aromatic carbocycles. The van der Waals surface area contributed by atoms with Gasteiger partial charge in [-0.15, -0.1) is 0 Å². The molecule has 0 amide bonds. The lowest BCUT2D eigenvalue weighted by molar-refractivity contribution is 0.0101. The zero-order chi connectivity index (χ0) is 12.8. The van der Waals surface area contributed by atoms with E-state index in [9.17, 15) is 10.2 Å². The van der Waals surface area contributed by atoms with Crippen molar-refractivity contribution >= 4 is 0 Å². The zero-order valence-corrected chi connectivity index (χ0v) is 11.5. The summed E-state index contributed by atoms with van der Waals surface area (Å²) in [6.45, 7) is 8.44. The molecule has 98 valence electrons. The number of rotatable bonds is 0. The first kappa shape index (κ1) is 13.1. The lowest BCUT2D eigenvalue weighted by atomic mass is 9.76. The fourth-order valence-corrected chi connectivity index (χ4v) is 3.47. The standard InChI is InChI=1S/C15H26O2/c1-10-6-5-7-15(4,17)12-8-11(12)14(2,3)9-13(10)16/h6,11-13,16-17H,5,7-9H2,1-4H3/t11-,12-,13+,15-/m0/s1. The van der Waals surface area contributed by atoms with Crippen LogP contribution in [0.5, 0.6) is 0 Å². The van der Waals surface area contributed by atoms with Crippen molar-refractivity contribution in [2.24, 2.45) is 17.3 Å². The van der Waals surface area contributed by atoms with Gasteiger partial charge in [-0.1, -0.05) is 19.9 Å². The van der Waals surface area contributed by atoms with Gasteiger partial charge in [-0.25, -0.2) is 0 Å². The maximum absolute atomic E-state index is 10.5. The third-order valence-electron chi connectivity index (χ3n) is 4.95. The summed E-state index contributed by atoms with van der Waals surface area (Å²) in [4.78, 5) is 0. The van der Waals surface area contributed by atoms with Crippen LogP contribution in [0, 0.1) is 17.3 Å². The van der Waals surface area contributed by atoms with Gasteiger partial charge in [0.25, 0.3) is 0 Å². The van der Waals surface area contributed by atoms with Crippen LogP contribution in [-0.2, 0) is 0 Å². The molecule has 0 aromatic rings. The van der Waals surface area contributed by atoms with Gasteiger partial charge in [0.15, 0.2) is 0 Å². The Balaban J connectivity index is 2.22. The predicted molar refractivity (Wildman–Crippen MR) is 69.6 cm³/mol. The van der Waals surface area contributed by atoms with Crippen LogP contribution in [0.1, 0.15) is 53.4 Å². The first-order valence-corrected chi connectivity index (χ1v) is 6.81. The minimum absolute atomic E-state index is 0.126. The average Bonchev–Trinajstić information content (AvgIpc) is 2.95. The minimum atomic E-state index is -0.527. The molecule has 2 rings (SSSR count). The quantitative estimate of drug-likeness (QED) is 0.637. The largest absolute Gasteiger partial charge is 0.390 e. The summed E-state index contributed by atoms with van der Waals surface area (Å²) >= 11 is 0. The number of aliphatic hydroxyl groups is 2. The second kappa shape index (κ2) is 4.10. The molecule has 4 atom stereocenters. The van der Waals surface area contributed by atoms with Crippen molar-refractivity contribution in [1.29, 1.82) is 0 Å². The van der Waals surface area contributed by atoms with Crippen molar-refractivity contribution in [3.8, 4) is 0 Å². The van der Waals surface area contributed by atoms with Gasteiger partial charge >= 0.3 is 0 Å². The van der Waals surface area contributed by atoms with Crippen LogP contribution >= 0.6 is 0 Å². The fourth-order valence-electron chi connectivity index (χ4n) is 3.47. The predicted octanol–water partition coefficient (Wildman–Crippen LogP) is 2.89. The van der Waals surface area contributed by atoms with E-state index in [-0.39, 0.29) is 11.5 Å². The van der Waals surface area contributed by atoms with Gasteiger partial charge in [-0.05, 0) is 62.4 Å². The van der Waals surface area contributed by atoms with Crippen LogP contribution in [0.15, 0.2) is 11.6 Å². The van der Waals surface area contributed by atoms with E-state index in [1.54, 1.807) is 0 Å². The Morgan fingerprint density at radius 3 is 2.53 bits per heavy atom. The SMILES string of the molecule is CC1=CCC[C@](C)(O)[C@H]2C[C@@H]2C(C)(C)C[C@H]1O. The highest BCUT2D eigenvalue weighted by molar-refractivity contribution is 5.12. The molecule has 2 N–H and O–H groups in total. The highest BCUT2D eigenvalue weighted by atomic mass is 16.3. The number of hydrogen-bond donors (Lipinski definition) is 2. The normalized spacial score (nSPS) is 45.8. The van der Waals surface area contributed by atoms with Crippen molar-refractivity contribution in [3.63, 3.8) is 0 Å². The van der Waals surface area contributed by atoms with Gasteiger partial charge in [0, 0.05) is 0 Å². The van der Waals surface area contributed by atoms with Crippen LogP contribution < -0.4 is 0 Å². The first-order chi connectivity index (χ1) is 7.74. The van der Waals surface area contributed by atoms with Crippen molar-refractivity contribution in [2.75, 3.05) is 0 Å². The van der Waals surface area contributed by atoms with Gasteiger partial charge in [-0.2, -0.15) is 0 Å². The minimum Gasteiger partial charge on any atom is -0.390 e. The second-order valence-corrected chi connectivity index (χ2v) is 7.00. The smallest absolute Gasteiger partial charge is 0.0752 e. The Bertz CT molecular complexity index is 328. The Morgan fingerprint density at radius 1 is 1.24 bits per heavy atom. The van der Waals surface area contributed by atoms with Gasteiger partial charge in [-0.3, -0.25) is 0 Å². The third-order valence-corrected chi connectivity index (χ3v) is 4.95.